The third-order valence-corrected chi connectivity index (χ3v) is 3.92. The van der Waals surface area contributed by atoms with Gasteiger partial charge >= 0.3 is 6.09 Å². The highest BCUT2D eigenvalue weighted by Gasteiger charge is 2.26. The monoisotopic (exact) mass is 308 g/mol. The molecule has 1 heterocycles. The maximum atomic E-state index is 11.8. The molecule has 22 heavy (non-hydrogen) atoms. The van der Waals surface area contributed by atoms with Crippen molar-refractivity contribution < 1.29 is 9.53 Å². The fourth-order valence-corrected chi connectivity index (χ4v) is 2.90. The molecule has 0 aromatic carbocycles. The highest BCUT2D eigenvalue weighted by Crippen LogP contribution is 2.27. The van der Waals surface area contributed by atoms with Crippen LogP contribution in [0.15, 0.2) is 12.4 Å². The minimum absolute atomic E-state index is 0.250. The lowest BCUT2D eigenvalue weighted by Gasteiger charge is -2.26. The summed E-state index contributed by atoms with van der Waals surface area (Å²) in [5, 5.41) is 6.41. The molecule has 1 fully saturated rings. The number of nitrogens with one attached hydrogen (secondary N) is 3. The number of nitrogens with zero attached hydrogens (tertiary/aromatic N) is 1. The number of amides is 1. The molecule has 6 nitrogen and oxygen atoms in total. The Hall–Kier alpha value is -1.56. The normalized spacial score (nSPS) is 17.4. The van der Waals surface area contributed by atoms with Gasteiger partial charge in [0.2, 0.25) is 0 Å². The van der Waals surface area contributed by atoms with Gasteiger partial charge in [-0.3, -0.25) is 0 Å². The maximum Gasteiger partial charge on any atom is 0.407 e. The fraction of sp³-hybridized carbons (Fsp3) is 0.750. The van der Waals surface area contributed by atoms with Crippen LogP contribution < -0.4 is 10.6 Å². The molecule has 1 aliphatic carbocycles. The minimum atomic E-state index is -0.464. The molecule has 6 heteroatoms. The molecule has 124 valence electrons. The van der Waals surface area contributed by atoms with Gasteiger partial charge in [0.25, 0.3) is 0 Å². The Morgan fingerprint density at radius 1 is 1.45 bits per heavy atom. The number of H-pyrrole nitrogens is 1. The van der Waals surface area contributed by atoms with Crippen LogP contribution in [-0.2, 0) is 11.3 Å². The Balaban J connectivity index is 1.83. The molecule has 1 aromatic heterocycles. The van der Waals surface area contributed by atoms with E-state index in [2.05, 4.69) is 20.6 Å². The van der Waals surface area contributed by atoms with Gasteiger partial charge in [0.15, 0.2) is 0 Å². The van der Waals surface area contributed by atoms with Crippen molar-refractivity contribution in [3.8, 4) is 0 Å². The van der Waals surface area contributed by atoms with Crippen LogP contribution in [0.4, 0.5) is 4.79 Å². The summed E-state index contributed by atoms with van der Waals surface area (Å²) in [5.74, 6) is 1.52. The number of hydrogen-bond acceptors (Lipinski definition) is 4. The summed E-state index contributed by atoms with van der Waals surface area (Å²) in [6.45, 7) is 6.88. The minimum Gasteiger partial charge on any atom is -0.444 e. The summed E-state index contributed by atoms with van der Waals surface area (Å²) in [5.41, 5.74) is -0.464. The van der Waals surface area contributed by atoms with Crippen molar-refractivity contribution in [3.63, 3.8) is 0 Å². The Morgan fingerprint density at radius 3 is 2.77 bits per heavy atom. The first-order valence-electron chi connectivity index (χ1n) is 8.12. The molecule has 3 N–H and O–H groups in total. The first-order valence-corrected chi connectivity index (χ1v) is 8.12. The van der Waals surface area contributed by atoms with E-state index >= 15 is 0 Å². The topological polar surface area (TPSA) is 79.0 Å². The predicted octanol–water partition coefficient (Wildman–Crippen LogP) is 2.58. The Bertz CT molecular complexity index is 447. The highest BCUT2D eigenvalue weighted by atomic mass is 16.6. The molecule has 2 rings (SSSR count). The van der Waals surface area contributed by atoms with Gasteiger partial charge in [-0.25, -0.2) is 9.78 Å². The molecule has 1 aromatic rings. The molecule has 1 amide bonds. The molecule has 0 aliphatic heterocycles. The van der Waals surface area contributed by atoms with E-state index in [9.17, 15) is 4.79 Å². The van der Waals surface area contributed by atoms with Crippen molar-refractivity contribution in [2.75, 3.05) is 6.54 Å². The lowest BCUT2D eigenvalue weighted by Crippen LogP contribution is -2.46. The largest absolute Gasteiger partial charge is 0.444 e. The van der Waals surface area contributed by atoms with E-state index in [1.54, 1.807) is 6.20 Å². The van der Waals surface area contributed by atoms with Gasteiger partial charge < -0.3 is 20.4 Å². The van der Waals surface area contributed by atoms with Crippen LogP contribution in [0, 0.1) is 5.92 Å². The van der Waals surface area contributed by atoms with Crippen molar-refractivity contribution in [1.29, 1.82) is 0 Å². The van der Waals surface area contributed by atoms with E-state index in [0.29, 0.717) is 19.0 Å². The average molecular weight is 308 g/mol. The van der Waals surface area contributed by atoms with Crippen LogP contribution in [0.25, 0.3) is 0 Å². The number of imidazole rings is 1. The first kappa shape index (κ1) is 16.8. The SMILES string of the molecule is CC(C)(C)OC(=O)NCC(NCc1ncc[nH]1)C1CCCC1. The molecule has 1 saturated carbocycles. The van der Waals surface area contributed by atoms with Gasteiger partial charge in [0, 0.05) is 25.0 Å². The Morgan fingerprint density at radius 2 is 2.18 bits per heavy atom. The van der Waals surface area contributed by atoms with Crippen LogP contribution in [0.1, 0.15) is 52.3 Å². The van der Waals surface area contributed by atoms with E-state index in [1.165, 1.54) is 25.7 Å². The number of ether oxygens (including phenoxy) is 1. The van der Waals surface area contributed by atoms with Crippen LogP contribution in [0.3, 0.4) is 0 Å². The van der Waals surface area contributed by atoms with Gasteiger partial charge in [0.05, 0.1) is 6.54 Å². The van der Waals surface area contributed by atoms with Crippen molar-refractivity contribution in [2.24, 2.45) is 5.92 Å². The van der Waals surface area contributed by atoms with Gasteiger partial charge in [-0.15, -0.1) is 0 Å². The molecule has 1 unspecified atom stereocenters. The third-order valence-electron chi connectivity index (χ3n) is 3.92. The number of aromatic amines is 1. The highest BCUT2D eigenvalue weighted by molar-refractivity contribution is 5.67. The molecule has 0 spiro atoms. The van der Waals surface area contributed by atoms with Gasteiger partial charge in [-0.05, 0) is 39.5 Å². The van der Waals surface area contributed by atoms with E-state index in [4.69, 9.17) is 4.74 Å². The summed E-state index contributed by atoms with van der Waals surface area (Å²) < 4.78 is 5.30. The van der Waals surface area contributed by atoms with Crippen molar-refractivity contribution in [2.45, 2.75) is 64.6 Å². The zero-order chi connectivity index (χ0) is 16.0. The quantitative estimate of drug-likeness (QED) is 0.754. The molecule has 0 radical (unpaired) electrons. The Labute approximate surface area is 132 Å². The lowest BCUT2D eigenvalue weighted by molar-refractivity contribution is 0.0518. The van der Waals surface area contributed by atoms with Gasteiger partial charge in [-0.1, -0.05) is 12.8 Å². The van der Waals surface area contributed by atoms with Gasteiger partial charge in [-0.2, -0.15) is 0 Å². The van der Waals surface area contributed by atoms with E-state index in [-0.39, 0.29) is 12.1 Å². The Kier molecular flexibility index (Phi) is 5.83. The zero-order valence-corrected chi connectivity index (χ0v) is 13.8. The summed E-state index contributed by atoms with van der Waals surface area (Å²) >= 11 is 0. The van der Waals surface area contributed by atoms with Crippen molar-refractivity contribution in [1.82, 2.24) is 20.6 Å². The maximum absolute atomic E-state index is 11.8. The van der Waals surface area contributed by atoms with Crippen LogP contribution >= 0.6 is 0 Å². The van der Waals surface area contributed by atoms with Crippen LogP contribution in [0.2, 0.25) is 0 Å². The van der Waals surface area contributed by atoms with Crippen molar-refractivity contribution >= 4 is 6.09 Å². The van der Waals surface area contributed by atoms with Crippen LogP contribution in [0.5, 0.6) is 0 Å². The second kappa shape index (κ2) is 7.63. The summed E-state index contributed by atoms with van der Waals surface area (Å²) in [6, 6.07) is 0.250. The number of carbonyl (C=O) groups is 1. The number of hydrogen-bond donors (Lipinski definition) is 3. The molecule has 1 aliphatic rings. The molecule has 0 bridgehead atoms. The van der Waals surface area contributed by atoms with Crippen LogP contribution in [-0.4, -0.2) is 34.2 Å². The number of aromatic nitrogens is 2. The molecular weight excluding hydrogens is 280 g/mol. The smallest absolute Gasteiger partial charge is 0.407 e. The summed E-state index contributed by atoms with van der Waals surface area (Å²) in [6.07, 6.45) is 8.19. The summed E-state index contributed by atoms with van der Waals surface area (Å²) in [4.78, 5) is 19.2. The van der Waals surface area contributed by atoms with E-state index < -0.39 is 5.60 Å². The molecule has 0 saturated heterocycles. The number of alkyl carbamates (subject to hydrolysis) is 1. The zero-order valence-electron chi connectivity index (χ0n) is 13.8. The second-order valence-corrected chi connectivity index (χ2v) is 6.95. The predicted molar refractivity (Wildman–Crippen MR) is 85.4 cm³/mol. The number of carbonyl (C=O) groups excluding carboxylic acids is 1. The van der Waals surface area contributed by atoms with Gasteiger partial charge in [0.1, 0.15) is 11.4 Å². The molecule has 1 atom stereocenters. The average Bonchev–Trinajstić information content (AvgIpc) is 3.09. The third kappa shape index (κ3) is 5.67. The molecular formula is C16H28N4O2. The lowest BCUT2D eigenvalue weighted by atomic mass is 9.98. The number of rotatable bonds is 6. The van der Waals surface area contributed by atoms with E-state index in [1.807, 2.05) is 27.0 Å². The standard InChI is InChI=1S/C16H28N4O2/c1-16(2,3)22-15(21)20-10-13(12-6-4-5-7-12)19-11-14-17-8-9-18-14/h8-9,12-13,19H,4-7,10-11H2,1-3H3,(H,17,18)(H,20,21). The fourth-order valence-electron chi connectivity index (χ4n) is 2.90. The summed E-state index contributed by atoms with van der Waals surface area (Å²) in [7, 11) is 0. The van der Waals surface area contributed by atoms with E-state index in [0.717, 1.165) is 5.82 Å². The first-order chi connectivity index (χ1) is 10.4. The van der Waals surface area contributed by atoms with Crippen molar-refractivity contribution in [3.05, 3.63) is 18.2 Å². The second-order valence-electron chi connectivity index (χ2n) is 6.95.